The SMILES string of the molecule is COc1cc(-c2cnn(C)c2)cn2ncc(-c3cnn(-c4cccs4)c3C)c12. The molecule has 140 valence electrons. The van der Waals surface area contributed by atoms with Gasteiger partial charge in [-0.15, -0.1) is 11.3 Å². The number of ether oxygens (including phenoxy) is 1. The van der Waals surface area contributed by atoms with E-state index in [0.717, 1.165) is 44.2 Å². The average Bonchev–Trinajstić information content (AvgIpc) is 3.47. The lowest BCUT2D eigenvalue weighted by molar-refractivity contribution is 0.418. The third-order valence-electron chi connectivity index (χ3n) is 4.85. The fourth-order valence-electron chi connectivity index (χ4n) is 3.45. The van der Waals surface area contributed by atoms with Crippen LogP contribution in [0.5, 0.6) is 5.75 Å². The van der Waals surface area contributed by atoms with E-state index in [1.165, 1.54) is 0 Å². The molecule has 0 fully saturated rings. The van der Waals surface area contributed by atoms with Gasteiger partial charge in [0.1, 0.15) is 16.3 Å². The van der Waals surface area contributed by atoms with E-state index in [0.29, 0.717) is 0 Å². The van der Waals surface area contributed by atoms with Gasteiger partial charge in [-0.25, -0.2) is 9.20 Å². The number of hydrogen-bond donors (Lipinski definition) is 0. The Balaban J connectivity index is 1.68. The molecule has 28 heavy (non-hydrogen) atoms. The summed E-state index contributed by atoms with van der Waals surface area (Å²) >= 11 is 1.66. The molecule has 0 saturated heterocycles. The van der Waals surface area contributed by atoms with Gasteiger partial charge in [-0.2, -0.15) is 15.3 Å². The summed E-state index contributed by atoms with van der Waals surface area (Å²) in [6.45, 7) is 2.07. The molecule has 0 aliphatic rings. The first-order chi connectivity index (χ1) is 13.7. The molecule has 8 heteroatoms. The fraction of sp³-hybridized carbons (Fsp3) is 0.150. The Bertz CT molecular complexity index is 1280. The van der Waals surface area contributed by atoms with Crippen LogP contribution in [-0.4, -0.2) is 36.3 Å². The lowest BCUT2D eigenvalue weighted by Crippen LogP contribution is -1.96. The second kappa shape index (κ2) is 6.35. The zero-order valence-electron chi connectivity index (χ0n) is 15.7. The highest BCUT2D eigenvalue weighted by Crippen LogP contribution is 2.36. The van der Waals surface area contributed by atoms with Crippen LogP contribution < -0.4 is 4.74 Å². The molecule has 5 heterocycles. The third-order valence-corrected chi connectivity index (χ3v) is 5.69. The number of fused-ring (bicyclic) bond motifs is 1. The van der Waals surface area contributed by atoms with Crippen molar-refractivity contribution < 1.29 is 4.74 Å². The van der Waals surface area contributed by atoms with Crippen LogP contribution in [0.25, 0.3) is 32.8 Å². The van der Waals surface area contributed by atoms with E-state index < -0.39 is 0 Å². The largest absolute Gasteiger partial charge is 0.494 e. The van der Waals surface area contributed by atoms with Crippen molar-refractivity contribution in [3.05, 3.63) is 60.3 Å². The van der Waals surface area contributed by atoms with Crippen molar-refractivity contribution in [3.63, 3.8) is 0 Å². The first-order valence-corrected chi connectivity index (χ1v) is 9.67. The van der Waals surface area contributed by atoms with Gasteiger partial charge in [0, 0.05) is 41.7 Å². The molecule has 0 unspecified atom stereocenters. The van der Waals surface area contributed by atoms with E-state index in [1.807, 2.05) is 59.4 Å². The molecule has 0 amide bonds. The molecule has 5 aromatic rings. The van der Waals surface area contributed by atoms with Crippen LogP contribution in [0.15, 0.2) is 54.6 Å². The van der Waals surface area contributed by atoms with Crippen LogP contribution in [0.4, 0.5) is 0 Å². The molecular formula is C20H18N6OS. The summed E-state index contributed by atoms with van der Waals surface area (Å²) in [6.07, 6.45) is 9.56. The number of thiophene rings is 1. The Hall–Kier alpha value is -3.39. The third kappa shape index (κ3) is 2.53. The summed E-state index contributed by atoms with van der Waals surface area (Å²) in [7, 11) is 3.58. The second-order valence-electron chi connectivity index (χ2n) is 6.56. The van der Waals surface area contributed by atoms with Crippen LogP contribution >= 0.6 is 11.3 Å². The summed E-state index contributed by atoms with van der Waals surface area (Å²) in [5.74, 6) is 0.761. The molecule has 0 bridgehead atoms. The van der Waals surface area contributed by atoms with Crippen LogP contribution in [0.3, 0.4) is 0 Å². The van der Waals surface area contributed by atoms with Crippen molar-refractivity contribution in [1.82, 2.24) is 29.2 Å². The monoisotopic (exact) mass is 390 g/mol. The number of rotatable bonds is 4. The number of aromatic nitrogens is 6. The van der Waals surface area contributed by atoms with E-state index in [1.54, 1.807) is 23.1 Å². The van der Waals surface area contributed by atoms with Crippen molar-refractivity contribution in [1.29, 1.82) is 0 Å². The van der Waals surface area contributed by atoms with Crippen molar-refractivity contribution in [2.45, 2.75) is 6.92 Å². The van der Waals surface area contributed by atoms with Crippen molar-refractivity contribution in [2.75, 3.05) is 7.11 Å². The number of nitrogens with zero attached hydrogens (tertiary/aromatic N) is 6. The summed E-state index contributed by atoms with van der Waals surface area (Å²) < 4.78 is 11.3. The predicted octanol–water partition coefficient (Wildman–Crippen LogP) is 3.97. The topological polar surface area (TPSA) is 62.2 Å². The van der Waals surface area contributed by atoms with Gasteiger partial charge in [-0.3, -0.25) is 4.68 Å². The Kier molecular flexibility index (Phi) is 3.80. The number of hydrogen-bond acceptors (Lipinski definition) is 5. The van der Waals surface area contributed by atoms with Crippen molar-refractivity contribution >= 4 is 16.9 Å². The van der Waals surface area contributed by atoms with E-state index in [9.17, 15) is 0 Å². The zero-order valence-corrected chi connectivity index (χ0v) is 16.5. The Morgan fingerprint density at radius 1 is 1.00 bits per heavy atom. The minimum Gasteiger partial charge on any atom is -0.494 e. The maximum absolute atomic E-state index is 5.72. The van der Waals surface area contributed by atoms with Gasteiger partial charge in [0.25, 0.3) is 0 Å². The minimum absolute atomic E-state index is 0.761. The molecule has 0 saturated carbocycles. The molecule has 0 atom stereocenters. The molecule has 5 rings (SSSR count). The summed E-state index contributed by atoms with van der Waals surface area (Å²) in [4.78, 5) is 0. The second-order valence-corrected chi connectivity index (χ2v) is 7.48. The van der Waals surface area contributed by atoms with Gasteiger partial charge < -0.3 is 4.74 Å². The minimum atomic E-state index is 0.761. The maximum Gasteiger partial charge on any atom is 0.145 e. The molecule has 0 radical (unpaired) electrons. The van der Waals surface area contributed by atoms with Gasteiger partial charge in [0.05, 0.1) is 31.4 Å². The van der Waals surface area contributed by atoms with E-state index in [2.05, 4.69) is 33.7 Å². The lowest BCUT2D eigenvalue weighted by Gasteiger charge is -2.08. The molecule has 0 aliphatic carbocycles. The van der Waals surface area contributed by atoms with Crippen LogP contribution in [0.1, 0.15) is 5.69 Å². The van der Waals surface area contributed by atoms with Gasteiger partial charge in [-0.05, 0) is 30.5 Å². The highest BCUT2D eigenvalue weighted by Gasteiger charge is 2.19. The highest BCUT2D eigenvalue weighted by atomic mass is 32.1. The fourth-order valence-corrected chi connectivity index (χ4v) is 4.19. The molecule has 0 N–H and O–H groups in total. The molecular weight excluding hydrogens is 372 g/mol. The number of methoxy groups -OCH3 is 1. The number of pyridine rings is 1. The summed E-state index contributed by atoms with van der Waals surface area (Å²) in [5.41, 5.74) is 6.03. The quantitative estimate of drug-likeness (QED) is 0.466. The molecule has 0 spiro atoms. The predicted molar refractivity (Wildman–Crippen MR) is 109 cm³/mol. The molecule has 0 aliphatic heterocycles. The first kappa shape index (κ1) is 16.8. The maximum atomic E-state index is 5.72. The van der Waals surface area contributed by atoms with E-state index in [-0.39, 0.29) is 0 Å². The molecule has 0 aromatic carbocycles. The van der Waals surface area contributed by atoms with Crippen molar-refractivity contribution in [2.24, 2.45) is 7.05 Å². The van der Waals surface area contributed by atoms with Crippen LogP contribution in [0, 0.1) is 6.92 Å². The molecule has 7 nitrogen and oxygen atoms in total. The van der Waals surface area contributed by atoms with Gasteiger partial charge in [0.15, 0.2) is 0 Å². The van der Waals surface area contributed by atoms with Crippen molar-refractivity contribution in [3.8, 4) is 33.0 Å². The van der Waals surface area contributed by atoms with Crippen LogP contribution in [0.2, 0.25) is 0 Å². The Morgan fingerprint density at radius 2 is 1.86 bits per heavy atom. The summed E-state index contributed by atoms with van der Waals surface area (Å²) in [6, 6.07) is 6.11. The van der Waals surface area contributed by atoms with Crippen LogP contribution in [-0.2, 0) is 7.05 Å². The Morgan fingerprint density at radius 3 is 2.57 bits per heavy atom. The highest BCUT2D eigenvalue weighted by molar-refractivity contribution is 7.12. The smallest absolute Gasteiger partial charge is 0.145 e. The van der Waals surface area contributed by atoms with Gasteiger partial charge in [-0.1, -0.05) is 0 Å². The average molecular weight is 390 g/mol. The Labute approximate surface area is 165 Å². The summed E-state index contributed by atoms with van der Waals surface area (Å²) in [5, 5.41) is 16.6. The van der Waals surface area contributed by atoms with E-state index in [4.69, 9.17) is 4.74 Å². The van der Waals surface area contributed by atoms with Gasteiger partial charge in [0.2, 0.25) is 0 Å². The standard InChI is InChI=1S/C20H18N6OS/c1-13-16(9-23-26(13)19-5-4-6-28-19)17-10-22-25-12-14(7-18(27-3)20(17)25)15-8-21-24(2)11-15/h4-12H,1-3H3. The molecule has 5 aromatic heterocycles. The normalized spacial score (nSPS) is 11.4. The zero-order chi connectivity index (χ0) is 19.3. The van der Waals surface area contributed by atoms with Gasteiger partial charge >= 0.3 is 0 Å². The van der Waals surface area contributed by atoms with E-state index >= 15 is 0 Å². The number of aryl methyl sites for hydroxylation is 1. The lowest BCUT2D eigenvalue weighted by atomic mass is 10.1. The first-order valence-electron chi connectivity index (χ1n) is 8.79.